The second-order valence-electron chi connectivity index (χ2n) is 3.10. The van der Waals surface area contributed by atoms with E-state index in [1.165, 1.54) is 0 Å². The Bertz CT molecular complexity index is 436. The Balaban J connectivity index is 2.47. The van der Waals surface area contributed by atoms with Gasteiger partial charge in [0, 0.05) is 12.6 Å². The van der Waals surface area contributed by atoms with Crippen LogP contribution in [-0.4, -0.2) is 20.1 Å². The monoisotopic (exact) mass is 189 g/mol. The molecule has 0 aliphatic heterocycles. The fourth-order valence-electron chi connectivity index (χ4n) is 1.38. The first-order chi connectivity index (χ1) is 6.81. The predicted octanol–water partition coefficient (Wildman–Crippen LogP) is 0.974. The molecule has 0 saturated carbocycles. The van der Waals surface area contributed by atoms with E-state index in [0.717, 1.165) is 16.8 Å². The number of nitrogens with zero attached hydrogens (tertiary/aromatic N) is 3. The third-order valence-electron chi connectivity index (χ3n) is 2.12. The third-order valence-corrected chi connectivity index (χ3v) is 2.12. The molecular weight excluding hydrogens is 178 g/mol. The summed E-state index contributed by atoms with van der Waals surface area (Å²) in [7, 11) is 1.84. The molecule has 14 heavy (non-hydrogen) atoms. The number of benzene rings is 1. The molecule has 1 aromatic carbocycles. The van der Waals surface area contributed by atoms with Gasteiger partial charge in [0.2, 0.25) is 0 Å². The number of aliphatic hydroxyl groups is 1. The van der Waals surface area contributed by atoms with Crippen molar-refractivity contribution in [1.29, 1.82) is 0 Å². The van der Waals surface area contributed by atoms with Crippen LogP contribution >= 0.6 is 0 Å². The molecule has 2 aromatic rings. The molecule has 2 rings (SSSR count). The molecule has 0 unspecified atom stereocenters. The van der Waals surface area contributed by atoms with E-state index in [1.807, 2.05) is 31.3 Å². The first-order valence-corrected chi connectivity index (χ1v) is 4.36. The standard InChI is InChI=1S/C10H11N3O/c1-13-10(6-11-12-13)9-4-2-3-8(5-9)7-14/h2-6,14H,7H2,1H3. The predicted molar refractivity (Wildman–Crippen MR) is 52.4 cm³/mol. The van der Waals surface area contributed by atoms with Crippen LogP contribution in [0.4, 0.5) is 0 Å². The van der Waals surface area contributed by atoms with Crippen LogP contribution in [0, 0.1) is 0 Å². The second-order valence-corrected chi connectivity index (χ2v) is 3.10. The van der Waals surface area contributed by atoms with E-state index in [-0.39, 0.29) is 6.61 Å². The number of rotatable bonds is 2. The Morgan fingerprint density at radius 2 is 2.29 bits per heavy atom. The van der Waals surface area contributed by atoms with Crippen molar-refractivity contribution in [3.63, 3.8) is 0 Å². The largest absolute Gasteiger partial charge is 0.392 e. The van der Waals surface area contributed by atoms with Crippen molar-refractivity contribution >= 4 is 0 Å². The maximum absolute atomic E-state index is 8.99. The lowest BCUT2D eigenvalue weighted by atomic mass is 10.1. The van der Waals surface area contributed by atoms with Gasteiger partial charge in [-0.15, -0.1) is 5.10 Å². The summed E-state index contributed by atoms with van der Waals surface area (Å²) in [6.45, 7) is 0.0547. The average molecular weight is 189 g/mol. The van der Waals surface area contributed by atoms with Crippen LogP contribution in [0.2, 0.25) is 0 Å². The number of aliphatic hydroxyl groups excluding tert-OH is 1. The van der Waals surface area contributed by atoms with Crippen molar-refractivity contribution in [3.8, 4) is 11.3 Å². The Morgan fingerprint density at radius 1 is 1.43 bits per heavy atom. The Kier molecular flexibility index (Phi) is 2.28. The highest BCUT2D eigenvalue weighted by molar-refractivity contribution is 5.59. The van der Waals surface area contributed by atoms with E-state index in [9.17, 15) is 0 Å². The van der Waals surface area contributed by atoms with Crippen LogP contribution in [-0.2, 0) is 13.7 Å². The molecule has 1 aromatic heterocycles. The highest BCUT2D eigenvalue weighted by Crippen LogP contribution is 2.18. The van der Waals surface area contributed by atoms with E-state index >= 15 is 0 Å². The molecular formula is C10H11N3O. The van der Waals surface area contributed by atoms with E-state index in [4.69, 9.17) is 5.11 Å². The zero-order chi connectivity index (χ0) is 9.97. The zero-order valence-corrected chi connectivity index (χ0v) is 7.88. The van der Waals surface area contributed by atoms with Crippen LogP contribution in [0.25, 0.3) is 11.3 Å². The lowest BCUT2D eigenvalue weighted by molar-refractivity contribution is 0.282. The molecule has 72 valence electrons. The van der Waals surface area contributed by atoms with Gasteiger partial charge in [0.15, 0.2) is 0 Å². The van der Waals surface area contributed by atoms with E-state index in [0.29, 0.717) is 0 Å². The molecule has 4 nitrogen and oxygen atoms in total. The lowest BCUT2D eigenvalue weighted by Gasteiger charge is -2.02. The van der Waals surface area contributed by atoms with Crippen molar-refractivity contribution < 1.29 is 5.11 Å². The molecule has 0 bridgehead atoms. The van der Waals surface area contributed by atoms with Gasteiger partial charge in [0.05, 0.1) is 18.5 Å². The normalized spacial score (nSPS) is 10.4. The molecule has 0 amide bonds. The summed E-state index contributed by atoms with van der Waals surface area (Å²) < 4.78 is 1.70. The first-order valence-electron chi connectivity index (χ1n) is 4.36. The molecule has 0 spiro atoms. The third kappa shape index (κ3) is 1.52. The molecule has 4 heteroatoms. The second kappa shape index (κ2) is 3.59. The van der Waals surface area contributed by atoms with Crippen molar-refractivity contribution in [2.24, 2.45) is 7.05 Å². The van der Waals surface area contributed by atoms with Gasteiger partial charge in [-0.2, -0.15) is 0 Å². The topological polar surface area (TPSA) is 50.9 Å². The summed E-state index contributed by atoms with van der Waals surface area (Å²) in [5, 5.41) is 16.6. The first kappa shape index (κ1) is 8.90. The molecule has 1 heterocycles. The summed E-state index contributed by atoms with van der Waals surface area (Å²) in [4.78, 5) is 0. The number of aromatic nitrogens is 3. The molecule has 1 N–H and O–H groups in total. The summed E-state index contributed by atoms with van der Waals surface area (Å²) >= 11 is 0. The van der Waals surface area contributed by atoms with Gasteiger partial charge < -0.3 is 5.11 Å². The van der Waals surface area contributed by atoms with E-state index < -0.39 is 0 Å². The molecule has 0 saturated heterocycles. The van der Waals surface area contributed by atoms with Crippen LogP contribution < -0.4 is 0 Å². The minimum Gasteiger partial charge on any atom is -0.392 e. The minimum atomic E-state index is 0.0547. The highest BCUT2D eigenvalue weighted by atomic mass is 16.3. The summed E-state index contributed by atoms with van der Waals surface area (Å²) in [5.74, 6) is 0. The van der Waals surface area contributed by atoms with Crippen LogP contribution in [0.15, 0.2) is 30.5 Å². The van der Waals surface area contributed by atoms with E-state index in [2.05, 4.69) is 10.3 Å². The smallest absolute Gasteiger partial charge is 0.0882 e. The Morgan fingerprint density at radius 3 is 2.93 bits per heavy atom. The summed E-state index contributed by atoms with van der Waals surface area (Å²) in [5.41, 5.74) is 2.85. The Labute approximate surface area is 81.8 Å². The molecule has 0 fully saturated rings. The van der Waals surface area contributed by atoms with Gasteiger partial charge in [-0.1, -0.05) is 23.4 Å². The van der Waals surface area contributed by atoms with Crippen molar-refractivity contribution in [2.45, 2.75) is 6.61 Å². The van der Waals surface area contributed by atoms with Crippen molar-refractivity contribution in [3.05, 3.63) is 36.0 Å². The fourth-order valence-corrected chi connectivity index (χ4v) is 1.38. The maximum atomic E-state index is 8.99. The minimum absolute atomic E-state index is 0.0547. The van der Waals surface area contributed by atoms with Gasteiger partial charge in [-0.3, -0.25) is 0 Å². The van der Waals surface area contributed by atoms with Gasteiger partial charge in [0.25, 0.3) is 0 Å². The highest BCUT2D eigenvalue weighted by Gasteiger charge is 2.03. The van der Waals surface area contributed by atoms with Gasteiger partial charge in [-0.05, 0) is 11.6 Å². The van der Waals surface area contributed by atoms with Crippen LogP contribution in [0.5, 0.6) is 0 Å². The average Bonchev–Trinajstić information content (AvgIpc) is 2.65. The van der Waals surface area contributed by atoms with Gasteiger partial charge in [0.1, 0.15) is 0 Å². The fraction of sp³-hybridized carbons (Fsp3) is 0.200. The lowest BCUT2D eigenvalue weighted by Crippen LogP contribution is -1.94. The maximum Gasteiger partial charge on any atom is 0.0882 e. The number of hydrogen-bond donors (Lipinski definition) is 1. The van der Waals surface area contributed by atoms with Crippen molar-refractivity contribution in [1.82, 2.24) is 15.0 Å². The molecule has 0 atom stereocenters. The number of aryl methyl sites for hydroxylation is 1. The molecule has 0 aliphatic carbocycles. The van der Waals surface area contributed by atoms with Crippen molar-refractivity contribution in [2.75, 3.05) is 0 Å². The van der Waals surface area contributed by atoms with E-state index in [1.54, 1.807) is 10.9 Å². The van der Waals surface area contributed by atoms with Crippen LogP contribution in [0.1, 0.15) is 5.56 Å². The van der Waals surface area contributed by atoms with Gasteiger partial charge in [-0.25, -0.2) is 4.68 Å². The van der Waals surface area contributed by atoms with Crippen LogP contribution in [0.3, 0.4) is 0 Å². The SMILES string of the molecule is Cn1nncc1-c1cccc(CO)c1. The number of hydrogen-bond acceptors (Lipinski definition) is 3. The summed E-state index contributed by atoms with van der Waals surface area (Å²) in [6.07, 6.45) is 1.70. The Hall–Kier alpha value is -1.68. The quantitative estimate of drug-likeness (QED) is 0.766. The summed E-state index contributed by atoms with van der Waals surface area (Å²) in [6, 6.07) is 7.69. The molecule has 0 radical (unpaired) electrons. The molecule has 0 aliphatic rings. The zero-order valence-electron chi connectivity index (χ0n) is 7.88. The van der Waals surface area contributed by atoms with Gasteiger partial charge >= 0.3 is 0 Å².